The zero-order valence-corrected chi connectivity index (χ0v) is 9.19. The molecule has 2 bridgehead atoms. The van der Waals surface area contributed by atoms with Gasteiger partial charge in [0.05, 0.1) is 11.8 Å². The van der Waals surface area contributed by atoms with Crippen molar-refractivity contribution in [3.05, 3.63) is 12.7 Å². The van der Waals surface area contributed by atoms with Crippen molar-refractivity contribution in [1.82, 2.24) is 5.32 Å². The molecule has 2 fully saturated rings. The molecule has 0 saturated heterocycles. The Hall–Kier alpha value is -1.32. The maximum atomic E-state index is 11.9. The molecule has 2 aliphatic carbocycles. The van der Waals surface area contributed by atoms with E-state index in [0.29, 0.717) is 6.54 Å². The van der Waals surface area contributed by atoms with E-state index in [1.54, 1.807) is 6.08 Å². The molecule has 2 aliphatic rings. The Balaban J connectivity index is 2.09. The van der Waals surface area contributed by atoms with Crippen LogP contribution in [0.3, 0.4) is 0 Å². The van der Waals surface area contributed by atoms with Crippen LogP contribution in [0.1, 0.15) is 19.3 Å². The topological polar surface area (TPSA) is 66.4 Å². The lowest BCUT2D eigenvalue weighted by atomic mass is 9.79. The first kappa shape index (κ1) is 11.2. The minimum Gasteiger partial charge on any atom is -0.481 e. The normalized spacial score (nSPS) is 36.0. The molecule has 0 unspecified atom stereocenters. The molecular weight excluding hydrogens is 206 g/mol. The molecule has 0 heterocycles. The van der Waals surface area contributed by atoms with Crippen LogP contribution in [-0.2, 0) is 9.59 Å². The first-order valence-electron chi connectivity index (χ1n) is 5.76. The largest absolute Gasteiger partial charge is 0.481 e. The summed E-state index contributed by atoms with van der Waals surface area (Å²) in [6.45, 7) is 3.95. The third-order valence-electron chi connectivity index (χ3n) is 3.92. The summed E-state index contributed by atoms with van der Waals surface area (Å²) in [4.78, 5) is 23.1. The van der Waals surface area contributed by atoms with Crippen molar-refractivity contribution in [2.45, 2.75) is 19.3 Å². The fraction of sp³-hybridized carbons (Fsp3) is 0.667. The summed E-state index contributed by atoms with van der Waals surface area (Å²) in [6, 6.07) is 0. The molecule has 0 aromatic rings. The van der Waals surface area contributed by atoms with Gasteiger partial charge in [0.25, 0.3) is 0 Å². The number of fused-ring (bicyclic) bond motifs is 2. The van der Waals surface area contributed by atoms with E-state index in [9.17, 15) is 14.7 Å². The molecule has 88 valence electrons. The van der Waals surface area contributed by atoms with E-state index in [-0.39, 0.29) is 23.7 Å². The Morgan fingerprint density at radius 3 is 2.50 bits per heavy atom. The van der Waals surface area contributed by atoms with Crippen LogP contribution in [-0.4, -0.2) is 23.5 Å². The molecular formula is C12H17NO3. The number of carbonyl (C=O) groups is 2. The van der Waals surface area contributed by atoms with Crippen molar-refractivity contribution in [1.29, 1.82) is 0 Å². The highest BCUT2D eigenvalue weighted by atomic mass is 16.4. The van der Waals surface area contributed by atoms with Crippen LogP contribution in [0, 0.1) is 23.7 Å². The lowest BCUT2D eigenvalue weighted by molar-refractivity contribution is -0.149. The number of carboxylic acids is 1. The maximum absolute atomic E-state index is 11.9. The summed E-state index contributed by atoms with van der Waals surface area (Å²) >= 11 is 0. The van der Waals surface area contributed by atoms with Crippen LogP contribution in [0.4, 0.5) is 0 Å². The lowest BCUT2D eigenvalue weighted by Gasteiger charge is -2.26. The second-order valence-corrected chi connectivity index (χ2v) is 4.76. The SMILES string of the molecule is C=CCNC(=O)[C@H]1[C@H]2CC[C@@H](C2)[C@@H]1C(=O)O. The van der Waals surface area contributed by atoms with E-state index in [1.807, 2.05) is 0 Å². The van der Waals surface area contributed by atoms with Crippen molar-refractivity contribution < 1.29 is 14.7 Å². The van der Waals surface area contributed by atoms with Gasteiger partial charge >= 0.3 is 5.97 Å². The van der Waals surface area contributed by atoms with Gasteiger partial charge in [-0.15, -0.1) is 6.58 Å². The zero-order chi connectivity index (χ0) is 11.7. The van der Waals surface area contributed by atoms with Gasteiger partial charge in [0, 0.05) is 6.54 Å². The smallest absolute Gasteiger partial charge is 0.307 e. The monoisotopic (exact) mass is 223 g/mol. The van der Waals surface area contributed by atoms with Gasteiger partial charge in [-0.2, -0.15) is 0 Å². The van der Waals surface area contributed by atoms with Crippen molar-refractivity contribution in [3.8, 4) is 0 Å². The number of rotatable bonds is 4. The maximum Gasteiger partial charge on any atom is 0.307 e. The third-order valence-corrected chi connectivity index (χ3v) is 3.92. The Bertz CT molecular complexity index is 326. The van der Waals surface area contributed by atoms with Crippen LogP contribution < -0.4 is 5.32 Å². The molecule has 4 atom stereocenters. The second-order valence-electron chi connectivity index (χ2n) is 4.76. The molecule has 4 nitrogen and oxygen atoms in total. The Morgan fingerprint density at radius 1 is 1.31 bits per heavy atom. The van der Waals surface area contributed by atoms with Crippen LogP contribution >= 0.6 is 0 Å². The van der Waals surface area contributed by atoms with Crippen LogP contribution in [0.2, 0.25) is 0 Å². The van der Waals surface area contributed by atoms with E-state index < -0.39 is 11.9 Å². The van der Waals surface area contributed by atoms with Gasteiger partial charge in [0.1, 0.15) is 0 Å². The first-order chi connectivity index (χ1) is 7.65. The summed E-state index contributed by atoms with van der Waals surface area (Å²) in [5.41, 5.74) is 0. The van der Waals surface area contributed by atoms with Gasteiger partial charge < -0.3 is 10.4 Å². The molecule has 2 N–H and O–H groups in total. The third kappa shape index (κ3) is 1.72. The highest BCUT2D eigenvalue weighted by Crippen LogP contribution is 2.52. The molecule has 0 aromatic carbocycles. The number of nitrogens with one attached hydrogen (secondary N) is 1. The van der Waals surface area contributed by atoms with Crippen LogP contribution in [0.25, 0.3) is 0 Å². The summed E-state index contributed by atoms with van der Waals surface area (Å²) in [6.07, 6.45) is 4.48. The number of amides is 1. The molecule has 4 heteroatoms. The zero-order valence-electron chi connectivity index (χ0n) is 9.19. The number of hydrogen-bond acceptors (Lipinski definition) is 2. The quantitative estimate of drug-likeness (QED) is 0.700. The fourth-order valence-corrected chi connectivity index (χ4v) is 3.31. The minimum absolute atomic E-state index is 0.112. The predicted molar refractivity (Wildman–Crippen MR) is 58.7 cm³/mol. The van der Waals surface area contributed by atoms with Crippen molar-refractivity contribution in [2.75, 3.05) is 6.54 Å². The fourth-order valence-electron chi connectivity index (χ4n) is 3.31. The average Bonchev–Trinajstić information content (AvgIpc) is 2.84. The van der Waals surface area contributed by atoms with Crippen molar-refractivity contribution in [3.63, 3.8) is 0 Å². The molecule has 2 rings (SSSR count). The van der Waals surface area contributed by atoms with E-state index in [2.05, 4.69) is 11.9 Å². The van der Waals surface area contributed by atoms with Gasteiger partial charge in [-0.25, -0.2) is 0 Å². The van der Waals surface area contributed by atoms with Gasteiger partial charge in [-0.05, 0) is 31.1 Å². The second kappa shape index (κ2) is 4.28. The van der Waals surface area contributed by atoms with E-state index >= 15 is 0 Å². The van der Waals surface area contributed by atoms with Crippen molar-refractivity contribution >= 4 is 11.9 Å². The number of aliphatic carboxylic acids is 1. The average molecular weight is 223 g/mol. The molecule has 0 radical (unpaired) electrons. The summed E-state index contributed by atoms with van der Waals surface area (Å²) in [5.74, 6) is -1.23. The minimum atomic E-state index is -0.814. The van der Waals surface area contributed by atoms with Crippen molar-refractivity contribution in [2.24, 2.45) is 23.7 Å². The highest BCUT2D eigenvalue weighted by Gasteiger charge is 2.53. The summed E-state index contributed by atoms with van der Waals surface area (Å²) in [7, 11) is 0. The van der Waals surface area contributed by atoms with Gasteiger partial charge in [0.2, 0.25) is 5.91 Å². The summed E-state index contributed by atoms with van der Waals surface area (Å²) in [5, 5.41) is 11.9. The van der Waals surface area contributed by atoms with Crippen LogP contribution in [0.15, 0.2) is 12.7 Å². The van der Waals surface area contributed by atoms with Gasteiger partial charge in [-0.3, -0.25) is 9.59 Å². The Labute approximate surface area is 94.7 Å². The molecule has 1 amide bonds. The highest BCUT2D eigenvalue weighted by molar-refractivity contribution is 5.86. The van der Waals surface area contributed by atoms with E-state index in [4.69, 9.17) is 0 Å². The van der Waals surface area contributed by atoms with Gasteiger partial charge in [-0.1, -0.05) is 6.08 Å². The molecule has 2 saturated carbocycles. The molecule has 16 heavy (non-hydrogen) atoms. The molecule has 0 aliphatic heterocycles. The first-order valence-corrected chi connectivity index (χ1v) is 5.76. The number of hydrogen-bond donors (Lipinski definition) is 2. The summed E-state index contributed by atoms with van der Waals surface area (Å²) < 4.78 is 0. The lowest BCUT2D eigenvalue weighted by Crippen LogP contribution is -2.41. The Morgan fingerprint density at radius 2 is 1.94 bits per heavy atom. The van der Waals surface area contributed by atoms with E-state index in [1.165, 1.54) is 0 Å². The predicted octanol–water partition coefficient (Wildman–Crippen LogP) is 1.04. The van der Waals surface area contributed by atoms with E-state index in [0.717, 1.165) is 19.3 Å². The standard InChI is InChI=1S/C12H17NO3/c1-2-5-13-11(14)9-7-3-4-8(6-7)10(9)12(15)16/h2,7-10H,1,3-6H2,(H,13,14)(H,15,16)/t7-,8-,9-,10-/m0/s1. The number of carbonyl (C=O) groups excluding carboxylic acids is 1. The Kier molecular flexibility index (Phi) is 2.99. The van der Waals surface area contributed by atoms with Crippen LogP contribution in [0.5, 0.6) is 0 Å². The van der Waals surface area contributed by atoms with Gasteiger partial charge in [0.15, 0.2) is 0 Å². The number of carboxylic acid groups (broad SMARTS) is 1. The molecule has 0 aromatic heterocycles. The molecule has 0 spiro atoms.